The van der Waals surface area contributed by atoms with Crippen LogP contribution in [-0.2, 0) is 16.1 Å². The molecule has 23 heavy (non-hydrogen) atoms. The molecule has 0 unspecified atom stereocenters. The Morgan fingerprint density at radius 2 is 2.13 bits per heavy atom. The maximum Gasteiger partial charge on any atom is 0.490 e. The molecule has 9 heteroatoms. The molecule has 2 atom stereocenters. The Morgan fingerprint density at radius 3 is 2.70 bits per heavy atom. The second-order valence-corrected chi connectivity index (χ2v) is 5.47. The Labute approximate surface area is 130 Å². The second-order valence-electron chi connectivity index (χ2n) is 5.47. The first-order valence-corrected chi connectivity index (χ1v) is 7.12. The van der Waals surface area contributed by atoms with Crippen molar-refractivity contribution in [2.45, 2.75) is 44.1 Å². The van der Waals surface area contributed by atoms with E-state index in [4.69, 9.17) is 14.3 Å². The summed E-state index contributed by atoms with van der Waals surface area (Å²) in [6, 6.07) is 2.90. The largest absolute Gasteiger partial charge is 0.490 e. The smallest absolute Gasteiger partial charge is 0.475 e. The van der Waals surface area contributed by atoms with E-state index in [9.17, 15) is 18.0 Å². The Kier molecular flexibility index (Phi) is 5.30. The van der Waals surface area contributed by atoms with Crippen molar-refractivity contribution in [3.63, 3.8) is 0 Å². The van der Waals surface area contributed by atoms with E-state index in [1.165, 1.54) is 5.56 Å². The SMILES string of the molecule is O=C(O)C(F)(F)F.O=C1CC[C@H]2[C@@H](CCN2Cc2ccoc2)N1. The molecule has 0 aliphatic carbocycles. The molecule has 1 amide bonds. The van der Waals surface area contributed by atoms with Crippen molar-refractivity contribution in [1.82, 2.24) is 10.2 Å². The molecule has 2 aliphatic rings. The normalized spacial score (nSPS) is 24.4. The number of carboxylic acid groups (broad SMARTS) is 1. The maximum atomic E-state index is 11.3. The third-order valence-corrected chi connectivity index (χ3v) is 3.88. The highest BCUT2D eigenvalue weighted by Gasteiger charge is 2.38. The van der Waals surface area contributed by atoms with Gasteiger partial charge in [-0.25, -0.2) is 4.79 Å². The van der Waals surface area contributed by atoms with Gasteiger partial charge in [-0.3, -0.25) is 9.69 Å². The minimum Gasteiger partial charge on any atom is -0.475 e. The van der Waals surface area contributed by atoms with Crippen molar-refractivity contribution in [3.05, 3.63) is 24.2 Å². The van der Waals surface area contributed by atoms with Crippen LogP contribution in [0.2, 0.25) is 0 Å². The van der Waals surface area contributed by atoms with Gasteiger partial charge in [-0.05, 0) is 18.9 Å². The predicted octanol–water partition coefficient (Wildman–Crippen LogP) is 1.77. The minimum atomic E-state index is -5.08. The number of alkyl halides is 3. The van der Waals surface area contributed by atoms with Gasteiger partial charge in [0.25, 0.3) is 0 Å². The van der Waals surface area contributed by atoms with E-state index >= 15 is 0 Å². The van der Waals surface area contributed by atoms with Crippen LogP contribution in [0.15, 0.2) is 23.0 Å². The zero-order valence-electron chi connectivity index (χ0n) is 12.2. The Morgan fingerprint density at radius 1 is 1.43 bits per heavy atom. The number of hydrogen-bond donors (Lipinski definition) is 2. The monoisotopic (exact) mass is 334 g/mol. The number of likely N-dealkylation sites (tertiary alicyclic amines) is 1. The Bertz CT molecular complexity index is 545. The van der Waals surface area contributed by atoms with Crippen molar-refractivity contribution in [2.24, 2.45) is 0 Å². The summed E-state index contributed by atoms with van der Waals surface area (Å²) >= 11 is 0. The quantitative estimate of drug-likeness (QED) is 0.861. The molecule has 0 spiro atoms. The Balaban J connectivity index is 0.000000236. The van der Waals surface area contributed by atoms with Gasteiger partial charge in [-0.2, -0.15) is 13.2 Å². The molecule has 1 aromatic heterocycles. The van der Waals surface area contributed by atoms with Crippen molar-refractivity contribution in [2.75, 3.05) is 6.54 Å². The first kappa shape index (κ1) is 17.3. The lowest BCUT2D eigenvalue weighted by molar-refractivity contribution is -0.192. The molecular weight excluding hydrogens is 317 g/mol. The van der Waals surface area contributed by atoms with E-state index in [0.29, 0.717) is 18.5 Å². The van der Waals surface area contributed by atoms with E-state index < -0.39 is 12.1 Å². The van der Waals surface area contributed by atoms with Crippen LogP contribution in [0.5, 0.6) is 0 Å². The number of furan rings is 1. The number of amides is 1. The topological polar surface area (TPSA) is 82.8 Å². The van der Waals surface area contributed by atoms with Gasteiger partial charge in [0, 0.05) is 37.2 Å². The Hall–Kier alpha value is -2.03. The van der Waals surface area contributed by atoms with Gasteiger partial charge in [0.2, 0.25) is 5.91 Å². The van der Waals surface area contributed by atoms with Crippen LogP contribution < -0.4 is 5.32 Å². The van der Waals surface area contributed by atoms with Gasteiger partial charge in [-0.1, -0.05) is 0 Å². The number of carbonyl (C=O) groups excluding carboxylic acids is 1. The first-order chi connectivity index (χ1) is 10.8. The standard InChI is InChI=1S/C12H16N2O2.C2HF3O2/c15-12-2-1-11-10(13-12)3-5-14(11)7-9-4-6-16-8-9;3-2(4,5)1(6)7/h4,6,8,10-11H,1-3,5,7H2,(H,13,15);(H,6,7)/t10-,11+;/m1./s1. The number of aliphatic carboxylic acids is 1. The molecule has 2 saturated heterocycles. The van der Waals surface area contributed by atoms with Crippen molar-refractivity contribution < 1.29 is 32.3 Å². The van der Waals surface area contributed by atoms with Gasteiger partial charge in [-0.15, -0.1) is 0 Å². The summed E-state index contributed by atoms with van der Waals surface area (Å²) in [4.78, 5) is 22.6. The van der Waals surface area contributed by atoms with Gasteiger partial charge in [0.15, 0.2) is 0 Å². The molecule has 0 aromatic carbocycles. The molecule has 128 valence electrons. The summed E-state index contributed by atoms with van der Waals surface area (Å²) in [7, 11) is 0. The number of piperidine rings is 1. The molecule has 1 aromatic rings. The number of nitrogens with zero attached hydrogens (tertiary/aromatic N) is 1. The molecule has 3 heterocycles. The van der Waals surface area contributed by atoms with Crippen LogP contribution in [0.25, 0.3) is 0 Å². The lowest BCUT2D eigenvalue weighted by Crippen LogP contribution is -2.49. The number of rotatable bonds is 2. The van der Waals surface area contributed by atoms with Crippen LogP contribution >= 0.6 is 0 Å². The lowest BCUT2D eigenvalue weighted by Gasteiger charge is -2.31. The summed E-state index contributed by atoms with van der Waals surface area (Å²) in [5.74, 6) is -2.54. The fourth-order valence-corrected chi connectivity index (χ4v) is 2.84. The predicted molar refractivity (Wildman–Crippen MR) is 72.4 cm³/mol. The van der Waals surface area contributed by atoms with E-state index in [0.717, 1.165) is 25.9 Å². The highest BCUT2D eigenvalue weighted by molar-refractivity contribution is 5.77. The van der Waals surface area contributed by atoms with Crippen LogP contribution in [-0.4, -0.2) is 46.7 Å². The van der Waals surface area contributed by atoms with E-state index in [1.807, 2.05) is 6.07 Å². The number of carboxylic acids is 1. The molecule has 0 saturated carbocycles. The zero-order valence-corrected chi connectivity index (χ0v) is 12.2. The molecule has 6 nitrogen and oxygen atoms in total. The van der Waals surface area contributed by atoms with Crippen LogP contribution in [0.4, 0.5) is 13.2 Å². The minimum absolute atomic E-state index is 0.214. The lowest BCUT2D eigenvalue weighted by atomic mass is 9.99. The number of nitrogens with one attached hydrogen (secondary N) is 1. The second kappa shape index (κ2) is 7.03. The van der Waals surface area contributed by atoms with Gasteiger partial charge < -0.3 is 14.8 Å². The third kappa shape index (κ3) is 4.72. The summed E-state index contributed by atoms with van der Waals surface area (Å²) in [5, 5.41) is 10.2. The summed E-state index contributed by atoms with van der Waals surface area (Å²) in [6.45, 7) is 2.01. The molecule has 3 rings (SSSR count). The fourth-order valence-electron chi connectivity index (χ4n) is 2.84. The third-order valence-electron chi connectivity index (χ3n) is 3.88. The number of carbonyl (C=O) groups is 2. The molecule has 0 bridgehead atoms. The van der Waals surface area contributed by atoms with Crippen molar-refractivity contribution >= 4 is 11.9 Å². The molecule has 0 radical (unpaired) electrons. The van der Waals surface area contributed by atoms with Gasteiger partial charge >= 0.3 is 12.1 Å². The van der Waals surface area contributed by atoms with E-state index in [1.54, 1.807) is 12.5 Å². The number of halogens is 3. The zero-order chi connectivity index (χ0) is 17.0. The average molecular weight is 334 g/mol. The van der Waals surface area contributed by atoms with Gasteiger partial charge in [0.05, 0.1) is 12.5 Å². The van der Waals surface area contributed by atoms with Crippen molar-refractivity contribution in [3.8, 4) is 0 Å². The number of fused-ring (bicyclic) bond motifs is 1. The maximum absolute atomic E-state index is 11.3. The van der Waals surface area contributed by atoms with Crippen molar-refractivity contribution in [1.29, 1.82) is 0 Å². The molecular formula is C14H17F3N2O4. The summed E-state index contributed by atoms with van der Waals surface area (Å²) < 4.78 is 36.8. The van der Waals surface area contributed by atoms with Gasteiger partial charge in [0.1, 0.15) is 0 Å². The number of hydrogen-bond acceptors (Lipinski definition) is 4. The van der Waals surface area contributed by atoms with Crippen LogP contribution in [0.3, 0.4) is 0 Å². The average Bonchev–Trinajstić information content (AvgIpc) is 3.09. The van der Waals surface area contributed by atoms with Crippen LogP contribution in [0, 0.1) is 0 Å². The highest BCUT2D eigenvalue weighted by Crippen LogP contribution is 2.27. The van der Waals surface area contributed by atoms with E-state index in [2.05, 4.69) is 10.2 Å². The fraction of sp³-hybridized carbons (Fsp3) is 0.571. The molecule has 2 fully saturated rings. The first-order valence-electron chi connectivity index (χ1n) is 7.12. The molecule has 2 N–H and O–H groups in total. The summed E-state index contributed by atoms with van der Waals surface area (Å²) in [5.41, 5.74) is 1.22. The highest BCUT2D eigenvalue weighted by atomic mass is 19.4. The van der Waals surface area contributed by atoms with Crippen LogP contribution in [0.1, 0.15) is 24.8 Å². The summed E-state index contributed by atoms with van der Waals surface area (Å²) in [6.07, 6.45) is 1.17. The van der Waals surface area contributed by atoms with E-state index in [-0.39, 0.29) is 5.91 Å². The molecule has 2 aliphatic heterocycles.